The van der Waals surface area contributed by atoms with E-state index in [4.69, 9.17) is 11.6 Å². The lowest BCUT2D eigenvalue weighted by molar-refractivity contribution is -0.459. The zero-order chi connectivity index (χ0) is 30.4. The van der Waals surface area contributed by atoms with Gasteiger partial charge in [0.15, 0.2) is 0 Å². The molecule has 2 nitrogen and oxygen atoms in total. The Morgan fingerprint density at radius 3 is 1.37 bits per heavy atom. The second-order valence-electron chi connectivity index (χ2n) is 7.17. The zero-order valence-corrected chi connectivity index (χ0v) is 18.0. The van der Waals surface area contributed by atoms with Crippen LogP contribution in [0, 0.1) is 0 Å². The smallest absolute Gasteiger partial charge is 0.449 e. The molecule has 0 aromatic heterocycles. The van der Waals surface area contributed by atoms with E-state index in [1.165, 1.54) is 0 Å². The molecule has 0 aliphatic rings. The van der Waals surface area contributed by atoms with Crippen LogP contribution < -0.4 is 0 Å². The first-order chi connectivity index (χ1) is 16.6. The number of rotatable bonds is 10. The van der Waals surface area contributed by atoms with Gasteiger partial charge in [-0.2, -0.15) is 74.6 Å². The molecule has 38 heavy (non-hydrogen) atoms. The van der Waals surface area contributed by atoms with Crippen molar-refractivity contribution >= 4 is 23.1 Å². The molecule has 0 amide bonds. The van der Waals surface area contributed by atoms with E-state index < -0.39 is 71.3 Å². The van der Waals surface area contributed by atoms with Gasteiger partial charge in [0.1, 0.15) is 6.61 Å². The minimum Gasteiger partial charge on any atom is -0.449 e. The average Bonchev–Trinajstić information content (AvgIpc) is 2.75. The van der Waals surface area contributed by atoms with Crippen LogP contribution in [0.15, 0.2) is 30.3 Å². The van der Waals surface area contributed by atoms with Crippen LogP contribution in [0.4, 0.5) is 79.4 Å². The predicted octanol–water partition coefficient (Wildman–Crippen LogP) is 8.58. The van der Waals surface area contributed by atoms with Gasteiger partial charge < -0.3 is 4.74 Å². The number of carbonyl (C=O) groups excluding carboxylic acids is 1. The lowest BCUT2D eigenvalue weighted by Gasteiger charge is -2.42. The zero-order valence-electron chi connectivity index (χ0n) is 17.3. The van der Waals surface area contributed by atoms with Gasteiger partial charge in [-0.3, -0.25) is 0 Å². The molecule has 1 aromatic rings. The molecule has 0 unspecified atom stereocenters. The molecule has 1 rings (SSSR count). The normalized spacial score (nSPS) is 15.2. The molecule has 0 saturated heterocycles. The summed E-state index contributed by atoms with van der Waals surface area (Å²) in [4.78, 5) is 10.4. The highest BCUT2D eigenvalue weighted by atomic mass is 35.5. The van der Waals surface area contributed by atoms with E-state index in [0.29, 0.717) is 0 Å². The summed E-state index contributed by atoms with van der Waals surface area (Å²) in [7, 11) is 0. The van der Waals surface area contributed by atoms with E-state index in [1.54, 1.807) is 0 Å². The average molecular weight is 615 g/mol. The molecule has 0 N–H and O–H groups in total. The second kappa shape index (κ2) is 9.93. The van der Waals surface area contributed by atoms with Crippen molar-refractivity contribution < 1.29 is 84.2 Å². The first-order valence-electron chi connectivity index (χ1n) is 8.93. The number of benzene rings is 1. The molecule has 0 bridgehead atoms. The molecule has 218 valence electrons. The van der Waals surface area contributed by atoms with Crippen LogP contribution in [0.1, 0.15) is 11.1 Å². The van der Waals surface area contributed by atoms with Crippen LogP contribution in [-0.2, 0) is 11.3 Å². The maximum Gasteiger partial charge on any atom is 0.460 e. The van der Waals surface area contributed by atoms with Crippen molar-refractivity contribution in [1.29, 1.82) is 0 Å². The molecular formula is C18H8ClF17O2. The van der Waals surface area contributed by atoms with Crippen molar-refractivity contribution in [3.63, 3.8) is 0 Å². The quantitative estimate of drug-likeness (QED) is 0.195. The van der Waals surface area contributed by atoms with Crippen LogP contribution in [0.25, 0.3) is 6.08 Å². The minimum atomic E-state index is -8.67. The number of hydrogen-bond donors (Lipinski definition) is 0. The fourth-order valence-electron chi connectivity index (χ4n) is 2.35. The first-order valence-corrected chi connectivity index (χ1v) is 9.31. The molecule has 0 saturated carbocycles. The Balaban J connectivity index is 3.44. The van der Waals surface area contributed by atoms with Crippen molar-refractivity contribution in [2.45, 2.75) is 54.2 Å². The van der Waals surface area contributed by atoms with Gasteiger partial charge in [-0.1, -0.05) is 30.3 Å². The van der Waals surface area contributed by atoms with Gasteiger partial charge in [0.25, 0.3) is 0 Å². The standard InChI is InChI=1S/C18H8ClF17O2/c19-10(37)38-7-9-3-1-8(2-4-9)5-6-11(20,21)12(22,23)13(24,25)14(26,27)15(28,29)16(30,31)17(32,33)18(34,35)36/h1-6H,7H2/b6-5+. The van der Waals surface area contributed by atoms with Crippen LogP contribution in [-0.4, -0.2) is 53.1 Å². The lowest BCUT2D eigenvalue weighted by atomic mass is 9.89. The third-order valence-electron chi connectivity index (χ3n) is 4.56. The summed E-state index contributed by atoms with van der Waals surface area (Å²) in [5, 5.41) is 0. The van der Waals surface area contributed by atoms with Crippen LogP contribution in [0.3, 0.4) is 0 Å². The molecule has 0 spiro atoms. The van der Waals surface area contributed by atoms with E-state index in [9.17, 15) is 79.4 Å². The Labute approximate surface area is 204 Å². The van der Waals surface area contributed by atoms with E-state index in [2.05, 4.69) is 4.74 Å². The summed E-state index contributed by atoms with van der Waals surface area (Å²) in [6, 6.07) is 3.34. The topological polar surface area (TPSA) is 26.3 Å². The van der Waals surface area contributed by atoms with Crippen LogP contribution in [0.5, 0.6) is 0 Å². The van der Waals surface area contributed by atoms with Gasteiger partial charge in [0.2, 0.25) is 0 Å². The molecule has 0 heterocycles. The third-order valence-corrected chi connectivity index (χ3v) is 4.67. The Kier molecular flexibility index (Phi) is 8.77. The largest absolute Gasteiger partial charge is 0.460 e. The fraction of sp³-hybridized carbons (Fsp3) is 0.500. The summed E-state index contributed by atoms with van der Waals surface area (Å²) in [5.74, 6) is -56.8. The van der Waals surface area contributed by atoms with E-state index >= 15 is 0 Å². The van der Waals surface area contributed by atoms with Crippen molar-refractivity contribution in [3.05, 3.63) is 41.5 Å². The highest BCUT2D eigenvalue weighted by Gasteiger charge is 2.95. The van der Waals surface area contributed by atoms with Gasteiger partial charge >= 0.3 is 53.1 Å². The molecule has 1 aromatic carbocycles. The maximum absolute atomic E-state index is 13.8. The number of allylic oxidation sites excluding steroid dienone is 1. The summed E-state index contributed by atoms with van der Waals surface area (Å²) < 4.78 is 229. The van der Waals surface area contributed by atoms with Gasteiger partial charge in [-0.15, -0.1) is 0 Å². The first kappa shape index (κ1) is 33.6. The Morgan fingerprint density at radius 1 is 0.632 bits per heavy atom. The number of halogens is 18. The summed E-state index contributed by atoms with van der Waals surface area (Å²) in [6.45, 7) is -0.520. The monoisotopic (exact) mass is 614 g/mol. The Morgan fingerprint density at radius 2 is 1.00 bits per heavy atom. The van der Waals surface area contributed by atoms with Crippen molar-refractivity contribution in [2.75, 3.05) is 0 Å². The highest BCUT2D eigenvalue weighted by molar-refractivity contribution is 6.61. The number of hydrogen-bond acceptors (Lipinski definition) is 2. The number of carbonyl (C=O) groups is 1. The van der Waals surface area contributed by atoms with Crippen molar-refractivity contribution in [1.82, 2.24) is 0 Å². The van der Waals surface area contributed by atoms with E-state index in [0.717, 1.165) is 24.3 Å². The molecular weight excluding hydrogens is 607 g/mol. The highest BCUT2D eigenvalue weighted by Crippen LogP contribution is 2.64. The lowest BCUT2D eigenvalue weighted by Crippen LogP contribution is -2.74. The van der Waals surface area contributed by atoms with E-state index in [1.807, 2.05) is 0 Å². The molecule has 0 atom stereocenters. The number of ether oxygens (including phenoxy) is 1. The second-order valence-corrected chi connectivity index (χ2v) is 7.48. The third kappa shape index (κ3) is 5.34. The Hall–Kier alpha value is -2.47. The van der Waals surface area contributed by atoms with E-state index in [-0.39, 0.29) is 11.6 Å². The van der Waals surface area contributed by atoms with Crippen molar-refractivity contribution in [2.24, 2.45) is 0 Å². The summed E-state index contributed by atoms with van der Waals surface area (Å²) in [5.41, 5.74) is -1.84. The molecule has 0 aliphatic carbocycles. The van der Waals surface area contributed by atoms with Crippen LogP contribution >= 0.6 is 11.6 Å². The molecule has 0 radical (unpaired) electrons. The summed E-state index contributed by atoms with van der Waals surface area (Å²) in [6.07, 6.45) is -9.28. The SMILES string of the molecule is O=C(Cl)OCc1ccc(/C=C/C(F)(F)C(F)(F)C(F)(F)C(F)(F)C(F)(F)C(F)(F)C(F)(F)C(F)(F)F)cc1. The minimum absolute atomic E-state index is 0.0678. The molecule has 0 aliphatic heterocycles. The van der Waals surface area contributed by atoms with Crippen molar-refractivity contribution in [3.8, 4) is 0 Å². The van der Waals surface area contributed by atoms with Crippen LogP contribution in [0.2, 0.25) is 0 Å². The van der Waals surface area contributed by atoms with Gasteiger partial charge in [-0.05, 0) is 17.2 Å². The van der Waals surface area contributed by atoms with Gasteiger partial charge in [0, 0.05) is 11.6 Å². The van der Waals surface area contributed by atoms with Gasteiger partial charge in [-0.25, -0.2) is 4.79 Å². The van der Waals surface area contributed by atoms with Gasteiger partial charge in [0.05, 0.1) is 0 Å². The predicted molar refractivity (Wildman–Crippen MR) is 92.2 cm³/mol. The Bertz CT molecular complexity index is 1030. The number of alkyl halides is 17. The molecule has 0 fully saturated rings. The maximum atomic E-state index is 13.8. The fourth-order valence-corrected chi connectivity index (χ4v) is 2.40. The molecule has 20 heteroatoms. The summed E-state index contributed by atoms with van der Waals surface area (Å²) >= 11 is 4.85.